The summed E-state index contributed by atoms with van der Waals surface area (Å²) in [6, 6.07) is 9.93. The summed E-state index contributed by atoms with van der Waals surface area (Å²) in [4.78, 5) is 24.2. The molecule has 48 heavy (non-hydrogen) atoms. The predicted molar refractivity (Wildman–Crippen MR) is 187 cm³/mol. The standard InChI is InChI=1S/C36H38F2N6O3S/c1-6-7-13-46-29-17-23(37)16-26(38)30(29)31-33(27(39)18-24-20-44(12-11-40-24)35(45)47-36(2,3)4)42-32(25-10-14-48-34(25)31)21-8-9-28-22(15-21)19-41-43(28)5/h8-10,14-19H,6-7,11-13,20,39H2,1-5H3/b27-18-. The molecular formula is C36H38F2N6O3S. The SMILES string of the molecule is CCCCOc1cc(F)cc(F)c1-c1c(/C(N)=C/C2=NCCN(C(=O)OC(C)(C)C)C2)nc(-c2ccc3c(cnn3C)c2)c2ccsc12. The Kier molecular flexibility index (Phi) is 9.20. The van der Waals surface area contributed by atoms with Crippen molar-refractivity contribution in [2.75, 3.05) is 26.2 Å². The minimum atomic E-state index is -0.789. The number of benzene rings is 2. The number of rotatable bonds is 8. The number of thiophene rings is 1. The molecule has 2 aromatic carbocycles. The lowest BCUT2D eigenvalue weighted by Gasteiger charge is -2.29. The molecule has 0 atom stereocenters. The Hall–Kier alpha value is -4.84. The van der Waals surface area contributed by atoms with Gasteiger partial charge >= 0.3 is 6.09 Å². The van der Waals surface area contributed by atoms with Crippen molar-refractivity contribution in [1.29, 1.82) is 0 Å². The Morgan fingerprint density at radius 2 is 1.96 bits per heavy atom. The number of aromatic nitrogens is 3. The Morgan fingerprint density at radius 3 is 2.73 bits per heavy atom. The number of aliphatic imine (C=N–C) groups is 1. The first kappa shape index (κ1) is 33.1. The van der Waals surface area contributed by atoms with Crippen LogP contribution in [0.4, 0.5) is 13.6 Å². The number of fused-ring (bicyclic) bond motifs is 2. The molecule has 5 aromatic rings. The van der Waals surface area contributed by atoms with E-state index in [0.717, 1.165) is 34.3 Å². The molecule has 3 aromatic heterocycles. The molecule has 2 N–H and O–H groups in total. The number of nitrogens with two attached hydrogens (primary N) is 1. The number of carbonyl (C=O) groups is 1. The van der Waals surface area contributed by atoms with Crippen molar-refractivity contribution in [2.45, 2.75) is 46.1 Å². The molecule has 1 aliphatic heterocycles. The number of aryl methyl sites for hydroxylation is 1. The van der Waals surface area contributed by atoms with Crippen molar-refractivity contribution in [1.82, 2.24) is 19.7 Å². The second-order valence-corrected chi connectivity index (χ2v) is 13.6. The van der Waals surface area contributed by atoms with Crippen LogP contribution in [0.1, 0.15) is 46.2 Å². The van der Waals surface area contributed by atoms with Crippen molar-refractivity contribution < 1.29 is 23.0 Å². The summed E-state index contributed by atoms with van der Waals surface area (Å²) >= 11 is 1.41. The van der Waals surface area contributed by atoms with Gasteiger partial charge in [0.15, 0.2) is 0 Å². The van der Waals surface area contributed by atoms with Gasteiger partial charge in [-0.05, 0) is 56.8 Å². The van der Waals surface area contributed by atoms with Crippen LogP contribution >= 0.6 is 11.3 Å². The van der Waals surface area contributed by atoms with E-state index >= 15 is 4.39 Å². The van der Waals surface area contributed by atoms with Crippen LogP contribution in [0.25, 0.3) is 49.1 Å². The fourth-order valence-electron chi connectivity index (χ4n) is 5.69. The molecule has 250 valence electrons. The summed E-state index contributed by atoms with van der Waals surface area (Å²) in [5, 5.41) is 8.00. The summed E-state index contributed by atoms with van der Waals surface area (Å²) in [7, 11) is 1.88. The Labute approximate surface area is 281 Å². The Morgan fingerprint density at radius 1 is 1.15 bits per heavy atom. The second kappa shape index (κ2) is 13.3. The number of nitrogens with zero attached hydrogens (tertiary/aromatic N) is 5. The molecular weight excluding hydrogens is 634 g/mol. The highest BCUT2D eigenvalue weighted by Crippen LogP contribution is 2.45. The average molecular weight is 673 g/mol. The molecule has 9 nitrogen and oxygen atoms in total. The van der Waals surface area contributed by atoms with Gasteiger partial charge in [0, 0.05) is 52.3 Å². The fourth-order valence-corrected chi connectivity index (χ4v) is 6.64. The highest BCUT2D eigenvalue weighted by atomic mass is 32.1. The number of unbranched alkanes of at least 4 members (excludes halogenated alkanes) is 1. The number of pyridine rings is 1. The Bertz CT molecular complexity index is 2080. The van der Waals surface area contributed by atoms with Crippen LogP contribution in [0, 0.1) is 11.6 Å². The van der Waals surface area contributed by atoms with E-state index in [2.05, 4.69) is 10.1 Å². The fraction of sp³-hybridized carbons (Fsp3) is 0.333. The molecule has 6 rings (SSSR count). The van der Waals surface area contributed by atoms with E-state index in [1.165, 1.54) is 17.4 Å². The molecule has 0 fully saturated rings. The third-order valence-electron chi connectivity index (χ3n) is 7.94. The number of halogens is 2. The van der Waals surface area contributed by atoms with Gasteiger partial charge in [0.2, 0.25) is 0 Å². The first-order valence-electron chi connectivity index (χ1n) is 15.9. The maximum absolute atomic E-state index is 16.0. The van der Waals surface area contributed by atoms with Gasteiger partial charge < -0.3 is 20.1 Å². The summed E-state index contributed by atoms with van der Waals surface area (Å²) in [6.45, 7) is 8.68. The monoisotopic (exact) mass is 672 g/mol. The molecule has 1 aliphatic rings. The van der Waals surface area contributed by atoms with E-state index in [1.807, 2.05) is 64.4 Å². The first-order valence-corrected chi connectivity index (χ1v) is 16.8. The van der Waals surface area contributed by atoms with Crippen molar-refractivity contribution in [3.8, 4) is 28.1 Å². The van der Waals surface area contributed by atoms with E-state index < -0.39 is 23.3 Å². The minimum absolute atomic E-state index is 0.0714. The van der Waals surface area contributed by atoms with Crippen molar-refractivity contribution >= 4 is 49.8 Å². The molecule has 0 saturated heterocycles. The third-order valence-corrected chi connectivity index (χ3v) is 8.87. The highest BCUT2D eigenvalue weighted by molar-refractivity contribution is 7.18. The van der Waals surface area contributed by atoms with Gasteiger partial charge in [0.1, 0.15) is 23.0 Å². The van der Waals surface area contributed by atoms with Gasteiger partial charge in [-0.3, -0.25) is 9.67 Å². The van der Waals surface area contributed by atoms with Crippen molar-refractivity contribution in [3.63, 3.8) is 0 Å². The van der Waals surface area contributed by atoms with E-state index in [4.69, 9.17) is 20.2 Å². The zero-order valence-electron chi connectivity index (χ0n) is 27.6. The predicted octanol–water partition coefficient (Wildman–Crippen LogP) is 7.97. The number of hydrogen-bond acceptors (Lipinski definition) is 8. The van der Waals surface area contributed by atoms with Crippen LogP contribution in [-0.2, 0) is 11.8 Å². The van der Waals surface area contributed by atoms with Gasteiger partial charge in [-0.15, -0.1) is 11.3 Å². The molecule has 1 amide bonds. The number of hydrogen-bond donors (Lipinski definition) is 1. The van der Waals surface area contributed by atoms with E-state index in [1.54, 1.807) is 21.9 Å². The van der Waals surface area contributed by atoms with Crippen LogP contribution < -0.4 is 10.5 Å². The van der Waals surface area contributed by atoms with E-state index in [9.17, 15) is 9.18 Å². The van der Waals surface area contributed by atoms with Crippen molar-refractivity contribution in [2.24, 2.45) is 17.8 Å². The van der Waals surface area contributed by atoms with Crippen LogP contribution in [0.3, 0.4) is 0 Å². The molecule has 0 radical (unpaired) electrons. The topological polar surface area (TPSA) is 108 Å². The zero-order chi connectivity index (χ0) is 34.2. The summed E-state index contributed by atoms with van der Waals surface area (Å²) < 4.78 is 44.7. The lowest BCUT2D eigenvalue weighted by molar-refractivity contribution is 0.0278. The number of ether oxygens (including phenoxy) is 2. The smallest absolute Gasteiger partial charge is 0.410 e. The maximum Gasteiger partial charge on any atom is 0.410 e. The molecule has 12 heteroatoms. The Balaban J connectivity index is 1.54. The number of carbonyl (C=O) groups excluding carboxylic acids is 1. The largest absolute Gasteiger partial charge is 0.493 e. The van der Waals surface area contributed by atoms with Gasteiger partial charge in [-0.1, -0.05) is 19.4 Å². The van der Waals surface area contributed by atoms with Crippen molar-refractivity contribution in [3.05, 3.63) is 71.4 Å². The van der Waals surface area contributed by atoms with Crippen LogP contribution in [-0.4, -0.2) is 63.3 Å². The maximum atomic E-state index is 16.0. The lowest BCUT2D eigenvalue weighted by atomic mass is 9.96. The highest BCUT2D eigenvalue weighted by Gasteiger charge is 2.28. The molecule has 0 spiro atoms. The summed E-state index contributed by atoms with van der Waals surface area (Å²) in [5.41, 5.74) is 10.2. The van der Waals surface area contributed by atoms with Crippen LogP contribution in [0.5, 0.6) is 5.75 Å². The molecule has 0 bridgehead atoms. The van der Waals surface area contributed by atoms with E-state index in [0.29, 0.717) is 41.2 Å². The molecule has 4 heterocycles. The van der Waals surface area contributed by atoms with Gasteiger partial charge in [-0.2, -0.15) is 5.10 Å². The summed E-state index contributed by atoms with van der Waals surface area (Å²) in [6.07, 6.45) is 4.57. The van der Waals surface area contributed by atoms with Gasteiger partial charge in [0.05, 0.1) is 59.8 Å². The second-order valence-electron chi connectivity index (χ2n) is 12.7. The lowest BCUT2D eigenvalue weighted by Crippen LogP contribution is -2.43. The van der Waals surface area contributed by atoms with Gasteiger partial charge in [-0.25, -0.2) is 18.6 Å². The van der Waals surface area contributed by atoms with E-state index in [-0.39, 0.29) is 35.9 Å². The normalized spacial score (nSPS) is 14.1. The quantitative estimate of drug-likeness (QED) is 0.168. The summed E-state index contributed by atoms with van der Waals surface area (Å²) in [5.74, 6) is -1.46. The first-order chi connectivity index (χ1) is 22.9. The zero-order valence-corrected chi connectivity index (χ0v) is 28.5. The van der Waals surface area contributed by atoms with Crippen LogP contribution in [0.2, 0.25) is 0 Å². The average Bonchev–Trinajstić information content (AvgIpc) is 3.67. The number of amides is 1. The minimum Gasteiger partial charge on any atom is -0.493 e. The molecule has 0 unspecified atom stereocenters. The molecule has 0 saturated carbocycles. The third kappa shape index (κ3) is 6.75. The molecule has 0 aliphatic carbocycles. The van der Waals surface area contributed by atoms with Gasteiger partial charge in [0.25, 0.3) is 0 Å². The van der Waals surface area contributed by atoms with Crippen LogP contribution in [0.15, 0.2) is 59.0 Å².